The normalized spacial score (nSPS) is 10.8. The fourth-order valence-electron chi connectivity index (χ4n) is 2.01. The Morgan fingerprint density at radius 3 is 2.56 bits per heavy atom. The molecule has 18 heavy (non-hydrogen) atoms. The Balaban J connectivity index is 2.81. The summed E-state index contributed by atoms with van der Waals surface area (Å²) in [4.78, 5) is 2.39. The van der Waals surface area contributed by atoms with Gasteiger partial charge in [0.2, 0.25) is 5.10 Å². The molecule has 0 spiro atoms. The molecule has 0 saturated carbocycles. The lowest BCUT2D eigenvalue weighted by molar-refractivity contribution is -0.671. The third-order valence-corrected chi connectivity index (χ3v) is 2.91. The third-order valence-electron chi connectivity index (χ3n) is 2.91. The molecule has 0 aliphatic carbocycles. The van der Waals surface area contributed by atoms with Gasteiger partial charge < -0.3 is 15.3 Å². The zero-order valence-corrected chi connectivity index (χ0v) is 10.3. The minimum Gasteiger partial charge on any atom is -0.739 e. The molecule has 0 bridgehead atoms. The van der Waals surface area contributed by atoms with Crippen LogP contribution in [0.5, 0.6) is 0 Å². The van der Waals surface area contributed by atoms with Crippen LogP contribution >= 0.6 is 0 Å². The number of hydrogen-bond donors (Lipinski definition) is 1. The molecule has 7 heteroatoms. The Hall–Kier alpha value is -2.31. The second-order valence-electron chi connectivity index (χ2n) is 3.84. The topological polar surface area (TPSA) is 96.0 Å². The van der Waals surface area contributed by atoms with E-state index in [1.165, 1.54) is 0 Å². The third kappa shape index (κ3) is 1.73. The van der Waals surface area contributed by atoms with Crippen LogP contribution in [-0.4, -0.2) is 18.2 Å². The predicted octanol–water partition coefficient (Wildman–Crippen LogP) is -0.0700. The molecule has 1 aromatic heterocycles. The van der Waals surface area contributed by atoms with Gasteiger partial charge in [-0.1, -0.05) is 6.07 Å². The zero-order chi connectivity index (χ0) is 13.3. The van der Waals surface area contributed by atoms with Gasteiger partial charge in [-0.2, -0.15) is 0 Å². The number of rotatable bonds is 3. The second-order valence-corrected chi connectivity index (χ2v) is 3.84. The summed E-state index contributed by atoms with van der Waals surface area (Å²) in [6, 6.07) is 5.08. The van der Waals surface area contributed by atoms with Crippen LogP contribution in [0.25, 0.3) is 11.0 Å². The van der Waals surface area contributed by atoms with Crippen molar-refractivity contribution in [3.05, 3.63) is 28.6 Å². The van der Waals surface area contributed by atoms with Gasteiger partial charge in [-0.05, 0) is 26.0 Å². The minimum absolute atomic E-state index is 0.224. The molecule has 1 heterocycles. The lowest BCUT2D eigenvalue weighted by atomic mass is 10.2. The number of nitrogen functional groups attached to an aromatic ring is 1. The highest BCUT2D eigenvalue weighted by Gasteiger charge is 2.22. The first-order valence-electron chi connectivity index (χ1n) is 5.76. The van der Waals surface area contributed by atoms with Gasteiger partial charge in [-0.3, -0.25) is 5.73 Å². The maximum atomic E-state index is 11.9. The van der Waals surface area contributed by atoms with Crippen molar-refractivity contribution < 1.29 is 9.58 Å². The van der Waals surface area contributed by atoms with Crippen LogP contribution in [0.1, 0.15) is 13.8 Å². The van der Waals surface area contributed by atoms with Crippen molar-refractivity contribution >= 4 is 22.7 Å². The summed E-state index contributed by atoms with van der Waals surface area (Å²) < 4.78 is 0.469. The Morgan fingerprint density at radius 2 is 1.94 bits per heavy atom. The smallest absolute Gasteiger partial charge is 0.458 e. The fourth-order valence-corrected chi connectivity index (χ4v) is 2.01. The number of anilines is 2. The zero-order valence-electron chi connectivity index (χ0n) is 10.3. The van der Waals surface area contributed by atoms with Crippen LogP contribution in [-0.2, 0) is 0 Å². The minimum atomic E-state index is -0.353. The summed E-state index contributed by atoms with van der Waals surface area (Å²) in [5.41, 5.74) is 6.53. The maximum absolute atomic E-state index is 11.9. The maximum Gasteiger partial charge on any atom is 0.458 e. The number of fused-ring (bicyclic) bond motifs is 1. The van der Waals surface area contributed by atoms with Gasteiger partial charge in [0, 0.05) is 17.9 Å². The first-order valence-corrected chi connectivity index (χ1v) is 5.76. The predicted molar refractivity (Wildman–Crippen MR) is 67.6 cm³/mol. The van der Waals surface area contributed by atoms with E-state index in [0.717, 1.165) is 13.1 Å². The van der Waals surface area contributed by atoms with Crippen LogP contribution in [0.3, 0.4) is 0 Å². The van der Waals surface area contributed by atoms with E-state index in [-0.39, 0.29) is 17.0 Å². The van der Waals surface area contributed by atoms with E-state index < -0.39 is 0 Å². The van der Waals surface area contributed by atoms with Gasteiger partial charge in [0.05, 0.1) is 0 Å². The first kappa shape index (κ1) is 12.2. The van der Waals surface area contributed by atoms with E-state index >= 15 is 0 Å². The monoisotopic (exact) mass is 249 g/mol. The molecular formula is C11H15N5O2. The van der Waals surface area contributed by atoms with E-state index in [1.807, 2.05) is 18.7 Å². The molecule has 0 fully saturated rings. The van der Waals surface area contributed by atoms with Crippen LogP contribution in [0.2, 0.25) is 0 Å². The highest BCUT2D eigenvalue weighted by molar-refractivity contribution is 5.83. The van der Waals surface area contributed by atoms with Gasteiger partial charge in [0.15, 0.2) is 5.52 Å². The van der Waals surface area contributed by atoms with E-state index in [2.05, 4.69) is 5.10 Å². The van der Waals surface area contributed by atoms with Gasteiger partial charge in [-0.25, -0.2) is 4.73 Å². The number of para-hydroxylation sites is 1. The largest absolute Gasteiger partial charge is 0.739 e. The van der Waals surface area contributed by atoms with Crippen molar-refractivity contribution in [2.45, 2.75) is 13.8 Å². The molecule has 2 rings (SSSR count). The van der Waals surface area contributed by atoms with Crippen LogP contribution in [0.4, 0.5) is 11.6 Å². The average Bonchev–Trinajstić information content (AvgIpc) is 2.37. The van der Waals surface area contributed by atoms with Gasteiger partial charge >= 0.3 is 11.5 Å². The molecule has 0 saturated heterocycles. The van der Waals surface area contributed by atoms with Gasteiger partial charge in [-0.15, -0.1) is 0 Å². The Kier molecular flexibility index (Phi) is 3.05. The number of benzene rings is 1. The molecular weight excluding hydrogens is 234 g/mol. The van der Waals surface area contributed by atoms with Crippen molar-refractivity contribution in [2.75, 3.05) is 23.7 Å². The molecule has 0 atom stereocenters. The van der Waals surface area contributed by atoms with E-state index in [1.54, 1.807) is 18.2 Å². The number of aromatic nitrogens is 3. The molecule has 96 valence electrons. The summed E-state index contributed by atoms with van der Waals surface area (Å²) in [6.45, 7) is 5.43. The quantitative estimate of drug-likeness (QED) is 0.606. The second kappa shape index (κ2) is 4.52. The van der Waals surface area contributed by atoms with Crippen molar-refractivity contribution in [2.24, 2.45) is 0 Å². The molecule has 1 aromatic carbocycles. The van der Waals surface area contributed by atoms with Gasteiger partial charge in [0.1, 0.15) is 5.69 Å². The average molecular weight is 249 g/mol. The molecule has 2 N–H and O–H groups in total. The molecule has 0 aliphatic rings. The summed E-state index contributed by atoms with van der Waals surface area (Å²) in [6.07, 6.45) is 0. The molecule has 2 aromatic rings. The fraction of sp³-hybridized carbons (Fsp3) is 0.364. The van der Waals surface area contributed by atoms with E-state index in [4.69, 9.17) is 5.73 Å². The summed E-state index contributed by atoms with van der Waals surface area (Å²) >= 11 is 0. The van der Waals surface area contributed by atoms with Crippen molar-refractivity contribution in [1.82, 2.24) is 5.10 Å². The van der Waals surface area contributed by atoms with Crippen LogP contribution in [0, 0.1) is 10.4 Å². The molecule has 0 radical (unpaired) electrons. The standard InChI is InChI=1S/C11H15N5O2/c1-3-14(4-2)8-6-5-7-9-10(8)16(18)13-11(12)15(9)17/h5-7H,3-4H2,1-2H3,(H2,12,13). The Labute approximate surface area is 104 Å². The number of nitrogens with two attached hydrogens (primary N) is 1. The molecule has 0 unspecified atom stereocenters. The van der Waals surface area contributed by atoms with Gasteiger partial charge in [0.25, 0.3) is 0 Å². The van der Waals surface area contributed by atoms with Crippen molar-refractivity contribution in [1.29, 1.82) is 0 Å². The Bertz CT molecular complexity index is 583. The van der Waals surface area contributed by atoms with Crippen molar-refractivity contribution in [3.63, 3.8) is 0 Å². The van der Waals surface area contributed by atoms with Crippen molar-refractivity contribution in [3.8, 4) is 0 Å². The summed E-state index contributed by atoms with van der Waals surface area (Å²) in [5, 5.41) is 27.1. The highest BCUT2D eigenvalue weighted by atomic mass is 16.5. The molecule has 7 nitrogen and oxygen atoms in total. The molecule has 0 amide bonds. The number of hydrogen-bond acceptors (Lipinski definition) is 5. The SMILES string of the molecule is CCN(CC)c1cccc2c1[n+]([O-])nc(N)[n+]2[O-]. The van der Waals surface area contributed by atoms with E-state index in [9.17, 15) is 10.4 Å². The van der Waals surface area contributed by atoms with Crippen LogP contribution < -0.4 is 20.2 Å². The lowest BCUT2D eigenvalue weighted by Gasteiger charge is -2.20. The Morgan fingerprint density at radius 1 is 1.28 bits per heavy atom. The summed E-state index contributed by atoms with van der Waals surface area (Å²) in [5.74, 6) is -0.353. The van der Waals surface area contributed by atoms with E-state index in [0.29, 0.717) is 15.3 Å². The highest BCUT2D eigenvalue weighted by Crippen LogP contribution is 2.21. The van der Waals surface area contributed by atoms with Crippen LogP contribution in [0.15, 0.2) is 18.2 Å². The number of nitrogens with zero attached hydrogens (tertiary/aromatic N) is 4. The lowest BCUT2D eigenvalue weighted by Crippen LogP contribution is -2.45. The summed E-state index contributed by atoms with van der Waals surface area (Å²) in [7, 11) is 0. The first-order chi connectivity index (χ1) is 8.60. The molecule has 0 aliphatic heterocycles.